The van der Waals surface area contributed by atoms with Gasteiger partial charge < -0.3 is 15.3 Å². The zero-order chi connectivity index (χ0) is 10.3. The zero-order valence-electron chi connectivity index (χ0n) is 8.61. The van der Waals surface area contributed by atoms with E-state index in [1.807, 2.05) is 13.8 Å². The highest BCUT2D eigenvalue weighted by Gasteiger charge is 2.19. The first kappa shape index (κ1) is 12.9. The minimum absolute atomic E-state index is 0.0332. The molecule has 0 aliphatic carbocycles. The molecule has 13 heavy (non-hydrogen) atoms. The molecule has 0 aromatic heterocycles. The lowest BCUT2D eigenvalue weighted by Crippen LogP contribution is -2.27. The molecule has 0 aromatic rings. The fourth-order valence-electron chi connectivity index (χ4n) is 1.42. The minimum Gasteiger partial charge on any atom is -0.396 e. The summed E-state index contributed by atoms with van der Waals surface area (Å²) in [5.74, 6) is 0.151. The predicted molar refractivity (Wildman–Crippen MR) is 52.4 cm³/mol. The van der Waals surface area contributed by atoms with Gasteiger partial charge in [-0.05, 0) is 18.8 Å². The van der Waals surface area contributed by atoms with Crippen molar-refractivity contribution in [1.82, 2.24) is 0 Å². The van der Waals surface area contributed by atoms with Crippen LogP contribution in [0.1, 0.15) is 33.1 Å². The van der Waals surface area contributed by atoms with E-state index in [1.54, 1.807) is 0 Å². The Labute approximate surface area is 80.4 Å². The van der Waals surface area contributed by atoms with E-state index in [0.29, 0.717) is 0 Å². The van der Waals surface area contributed by atoms with Crippen molar-refractivity contribution in [2.75, 3.05) is 13.2 Å². The lowest BCUT2D eigenvalue weighted by molar-refractivity contribution is 0.0327. The quantitative estimate of drug-likeness (QED) is 0.520. The maximum atomic E-state index is 9.66. The average Bonchev–Trinajstić information content (AvgIpc) is 2.15. The monoisotopic (exact) mass is 190 g/mol. The second-order valence-corrected chi connectivity index (χ2v) is 3.85. The van der Waals surface area contributed by atoms with Crippen LogP contribution in [0.25, 0.3) is 0 Å². The zero-order valence-corrected chi connectivity index (χ0v) is 8.61. The molecule has 3 unspecified atom stereocenters. The molecule has 3 nitrogen and oxygen atoms in total. The standard InChI is InChI=1S/C10H22O3/c1-8(5-3-4-6-11)10(13)9(2)7-12/h8-13H,3-7H2,1-2H3. The van der Waals surface area contributed by atoms with Crippen LogP contribution in [0, 0.1) is 11.8 Å². The molecule has 80 valence electrons. The van der Waals surface area contributed by atoms with Gasteiger partial charge in [0.2, 0.25) is 0 Å². The molecule has 0 bridgehead atoms. The van der Waals surface area contributed by atoms with Gasteiger partial charge in [0.25, 0.3) is 0 Å². The van der Waals surface area contributed by atoms with Gasteiger partial charge in [-0.3, -0.25) is 0 Å². The summed E-state index contributed by atoms with van der Waals surface area (Å²) < 4.78 is 0. The molecule has 0 aromatic carbocycles. The molecular formula is C10H22O3. The third kappa shape index (κ3) is 5.24. The number of hydrogen-bond donors (Lipinski definition) is 3. The highest BCUT2D eigenvalue weighted by atomic mass is 16.3. The molecule has 0 heterocycles. The van der Waals surface area contributed by atoms with Gasteiger partial charge in [0.05, 0.1) is 6.10 Å². The minimum atomic E-state index is -0.427. The van der Waals surface area contributed by atoms with Gasteiger partial charge in [-0.1, -0.05) is 20.3 Å². The Kier molecular flexibility index (Phi) is 7.23. The number of rotatable bonds is 7. The van der Waals surface area contributed by atoms with Crippen LogP contribution in [-0.4, -0.2) is 34.6 Å². The van der Waals surface area contributed by atoms with Gasteiger partial charge in [-0.25, -0.2) is 0 Å². The van der Waals surface area contributed by atoms with E-state index in [-0.39, 0.29) is 25.0 Å². The van der Waals surface area contributed by atoms with Crippen molar-refractivity contribution in [3.8, 4) is 0 Å². The fraction of sp³-hybridized carbons (Fsp3) is 1.00. The smallest absolute Gasteiger partial charge is 0.0613 e. The number of unbranched alkanes of at least 4 members (excludes halogenated alkanes) is 1. The first-order valence-corrected chi connectivity index (χ1v) is 5.03. The van der Waals surface area contributed by atoms with Crippen LogP contribution in [0.4, 0.5) is 0 Å². The lowest BCUT2D eigenvalue weighted by Gasteiger charge is -2.23. The van der Waals surface area contributed by atoms with Crippen LogP contribution in [-0.2, 0) is 0 Å². The van der Waals surface area contributed by atoms with Crippen molar-refractivity contribution >= 4 is 0 Å². The molecule has 3 heteroatoms. The van der Waals surface area contributed by atoms with E-state index in [2.05, 4.69) is 0 Å². The van der Waals surface area contributed by atoms with E-state index in [9.17, 15) is 5.11 Å². The van der Waals surface area contributed by atoms with Gasteiger partial charge in [-0.15, -0.1) is 0 Å². The van der Waals surface area contributed by atoms with Crippen molar-refractivity contribution in [3.05, 3.63) is 0 Å². The van der Waals surface area contributed by atoms with E-state index in [1.165, 1.54) is 0 Å². The summed E-state index contributed by atoms with van der Waals surface area (Å²) in [5, 5.41) is 27.1. The van der Waals surface area contributed by atoms with Gasteiger partial charge in [0.15, 0.2) is 0 Å². The molecular weight excluding hydrogens is 168 g/mol. The summed E-state index contributed by atoms with van der Waals surface area (Å²) in [5.41, 5.74) is 0. The van der Waals surface area contributed by atoms with Crippen molar-refractivity contribution in [3.63, 3.8) is 0 Å². The molecule has 3 N–H and O–H groups in total. The highest BCUT2D eigenvalue weighted by molar-refractivity contribution is 4.70. The molecule has 0 radical (unpaired) electrons. The first-order chi connectivity index (χ1) is 6.13. The van der Waals surface area contributed by atoms with Crippen LogP contribution >= 0.6 is 0 Å². The van der Waals surface area contributed by atoms with Crippen molar-refractivity contribution in [2.24, 2.45) is 11.8 Å². The number of hydrogen-bond acceptors (Lipinski definition) is 3. The van der Waals surface area contributed by atoms with Crippen molar-refractivity contribution in [2.45, 2.75) is 39.2 Å². The Morgan fingerprint density at radius 3 is 2.08 bits per heavy atom. The van der Waals surface area contributed by atoms with E-state index in [0.717, 1.165) is 19.3 Å². The molecule has 0 rings (SSSR count). The Balaban J connectivity index is 3.62. The normalized spacial score (nSPS) is 18.2. The highest BCUT2D eigenvalue weighted by Crippen LogP contribution is 2.18. The van der Waals surface area contributed by atoms with Gasteiger partial charge in [0.1, 0.15) is 0 Å². The largest absolute Gasteiger partial charge is 0.396 e. The Hall–Kier alpha value is -0.120. The summed E-state index contributed by atoms with van der Waals surface area (Å²) >= 11 is 0. The molecule has 0 amide bonds. The van der Waals surface area contributed by atoms with Gasteiger partial charge >= 0.3 is 0 Å². The van der Waals surface area contributed by atoms with E-state index in [4.69, 9.17) is 10.2 Å². The number of aliphatic hydroxyl groups excluding tert-OH is 3. The topological polar surface area (TPSA) is 60.7 Å². The summed E-state index contributed by atoms with van der Waals surface area (Å²) in [6, 6.07) is 0. The summed E-state index contributed by atoms with van der Waals surface area (Å²) in [4.78, 5) is 0. The molecule has 0 saturated carbocycles. The predicted octanol–water partition coefficient (Wildman–Crippen LogP) is 0.774. The number of aliphatic hydroxyl groups is 3. The molecule has 0 aliphatic heterocycles. The van der Waals surface area contributed by atoms with Crippen molar-refractivity contribution < 1.29 is 15.3 Å². The summed E-state index contributed by atoms with van der Waals surface area (Å²) in [7, 11) is 0. The molecule has 0 saturated heterocycles. The fourth-order valence-corrected chi connectivity index (χ4v) is 1.42. The Morgan fingerprint density at radius 1 is 1.00 bits per heavy atom. The van der Waals surface area contributed by atoms with Crippen LogP contribution in [0.3, 0.4) is 0 Å². The molecule has 0 fully saturated rings. The second kappa shape index (κ2) is 7.30. The summed E-state index contributed by atoms with van der Waals surface area (Å²) in [6.45, 7) is 4.07. The van der Waals surface area contributed by atoms with Crippen LogP contribution in [0.2, 0.25) is 0 Å². The van der Waals surface area contributed by atoms with E-state index < -0.39 is 6.10 Å². The first-order valence-electron chi connectivity index (χ1n) is 5.03. The third-order valence-corrected chi connectivity index (χ3v) is 2.52. The van der Waals surface area contributed by atoms with Crippen LogP contribution in [0.15, 0.2) is 0 Å². The molecule has 0 spiro atoms. The van der Waals surface area contributed by atoms with Gasteiger partial charge in [0, 0.05) is 19.1 Å². The molecule has 3 atom stereocenters. The second-order valence-electron chi connectivity index (χ2n) is 3.85. The maximum Gasteiger partial charge on any atom is 0.0613 e. The average molecular weight is 190 g/mol. The Bertz CT molecular complexity index is 117. The van der Waals surface area contributed by atoms with Crippen molar-refractivity contribution in [1.29, 1.82) is 0 Å². The van der Waals surface area contributed by atoms with Crippen LogP contribution in [0.5, 0.6) is 0 Å². The lowest BCUT2D eigenvalue weighted by atomic mass is 9.90. The summed E-state index contributed by atoms with van der Waals surface area (Å²) in [6.07, 6.45) is 2.22. The third-order valence-electron chi connectivity index (χ3n) is 2.52. The van der Waals surface area contributed by atoms with Crippen LogP contribution < -0.4 is 0 Å². The van der Waals surface area contributed by atoms with E-state index >= 15 is 0 Å². The molecule has 0 aliphatic rings. The Morgan fingerprint density at radius 2 is 1.62 bits per heavy atom. The maximum absolute atomic E-state index is 9.66. The SMILES string of the molecule is CC(CO)C(O)C(C)CCCCO. The van der Waals surface area contributed by atoms with Gasteiger partial charge in [-0.2, -0.15) is 0 Å².